The van der Waals surface area contributed by atoms with Gasteiger partial charge in [0.05, 0.1) is 25.7 Å². The van der Waals surface area contributed by atoms with Crippen molar-refractivity contribution < 1.29 is 28.2 Å². The highest BCUT2D eigenvalue weighted by molar-refractivity contribution is 7.99. The number of hydrazone groups is 1. The normalized spacial score (nSPS) is 10.9. The number of aromatic nitrogens is 2. The van der Waals surface area contributed by atoms with Crippen molar-refractivity contribution in [1.29, 1.82) is 0 Å². The van der Waals surface area contributed by atoms with Gasteiger partial charge in [0.15, 0.2) is 16.7 Å². The first-order valence-electron chi connectivity index (χ1n) is 10.7. The molecule has 0 atom stereocenters. The lowest BCUT2D eigenvalue weighted by atomic mass is 10.2. The first kappa shape index (κ1) is 25.8. The van der Waals surface area contributed by atoms with Crippen molar-refractivity contribution in [3.05, 3.63) is 64.9 Å². The number of ether oxygens (including phenoxy) is 3. The van der Waals surface area contributed by atoms with Gasteiger partial charge in [-0.2, -0.15) is 5.10 Å². The summed E-state index contributed by atoms with van der Waals surface area (Å²) in [4.78, 5) is 32.2. The van der Waals surface area contributed by atoms with Crippen LogP contribution in [0.5, 0.6) is 11.5 Å². The zero-order chi connectivity index (χ0) is 25.2. The van der Waals surface area contributed by atoms with Gasteiger partial charge in [0.1, 0.15) is 12.4 Å². The molecule has 0 saturated carbocycles. The predicted octanol–water partition coefficient (Wildman–Crippen LogP) is 3.69. The summed E-state index contributed by atoms with van der Waals surface area (Å²) < 4.78 is 21.5. The zero-order valence-electron chi connectivity index (χ0n) is 19.9. The lowest BCUT2D eigenvalue weighted by Gasteiger charge is -2.11. The van der Waals surface area contributed by atoms with Gasteiger partial charge in [-0.25, -0.2) is 20.2 Å². The Balaban J connectivity index is 1.55. The topological polar surface area (TPSA) is 125 Å². The Morgan fingerprint density at radius 3 is 2.57 bits per heavy atom. The van der Waals surface area contributed by atoms with Gasteiger partial charge in [0.25, 0.3) is 5.91 Å². The van der Waals surface area contributed by atoms with Crippen LogP contribution in [-0.2, 0) is 16.1 Å². The number of hydrogen-bond acceptors (Lipinski definition) is 10. The van der Waals surface area contributed by atoms with Crippen LogP contribution in [0.15, 0.2) is 51.1 Å². The highest BCUT2D eigenvalue weighted by Crippen LogP contribution is 2.29. The summed E-state index contributed by atoms with van der Waals surface area (Å²) in [6, 6.07) is 10.3. The zero-order valence-corrected chi connectivity index (χ0v) is 20.7. The van der Waals surface area contributed by atoms with E-state index in [2.05, 4.69) is 25.2 Å². The molecule has 1 N–H and O–H groups in total. The van der Waals surface area contributed by atoms with Gasteiger partial charge in [-0.3, -0.25) is 4.79 Å². The molecule has 0 aliphatic heterocycles. The molecular formula is C24H26N4O6S. The third-order valence-corrected chi connectivity index (χ3v) is 5.23. The number of hydrogen-bond donors (Lipinski definition) is 1. The quantitative estimate of drug-likeness (QED) is 0.138. The molecule has 35 heavy (non-hydrogen) atoms. The number of esters is 1. The maximum atomic E-state index is 12.1. The fourth-order valence-corrected chi connectivity index (χ4v) is 3.65. The van der Waals surface area contributed by atoms with E-state index in [-0.39, 0.29) is 24.0 Å². The van der Waals surface area contributed by atoms with Crippen molar-refractivity contribution in [3.8, 4) is 11.5 Å². The summed E-state index contributed by atoms with van der Waals surface area (Å²) in [5.41, 5.74) is 4.90. The number of aryl methyl sites for hydroxylation is 2. The van der Waals surface area contributed by atoms with Crippen LogP contribution in [-0.4, -0.2) is 47.5 Å². The molecule has 0 aliphatic carbocycles. The van der Waals surface area contributed by atoms with E-state index in [1.807, 2.05) is 26.8 Å². The van der Waals surface area contributed by atoms with Gasteiger partial charge in [-0.05, 0) is 62.7 Å². The molecule has 0 aliphatic rings. The Bertz CT molecular complexity index is 1190. The molecule has 0 saturated heterocycles. The Kier molecular flexibility index (Phi) is 9.24. The van der Waals surface area contributed by atoms with E-state index < -0.39 is 5.97 Å². The van der Waals surface area contributed by atoms with Crippen molar-refractivity contribution in [2.24, 2.45) is 5.10 Å². The Morgan fingerprint density at radius 2 is 1.86 bits per heavy atom. The van der Waals surface area contributed by atoms with Crippen LogP contribution >= 0.6 is 11.8 Å². The maximum Gasteiger partial charge on any atom is 0.373 e. The van der Waals surface area contributed by atoms with E-state index >= 15 is 0 Å². The third kappa shape index (κ3) is 7.85. The summed E-state index contributed by atoms with van der Waals surface area (Å²) in [5.74, 6) is 0.874. The van der Waals surface area contributed by atoms with Gasteiger partial charge in [-0.1, -0.05) is 11.8 Å². The third-order valence-electron chi connectivity index (χ3n) is 4.38. The number of benzene rings is 1. The Hall–Kier alpha value is -3.86. The number of amides is 1. The van der Waals surface area contributed by atoms with Crippen LogP contribution in [0.2, 0.25) is 0 Å². The molecule has 184 valence electrons. The van der Waals surface area contributed by atoms with Crippen molar-refractivity contribution in [3.63, 3.8) is 0 Å². The number of nitrogens with zero attached hydrogens (tertiary/aromatic N) is 3. The molecular weight excluding hydrogens is 472 g/mol. The number of carbonyl (C=O) groups is 2. The molecule has 0 fully saturated rings. The maximum absolute atomic E-state index is 12.1. The van der Waals surface area contributed by atoms with E-state index in [0.717, 1.165) is 11.4 Å². The van der Waals surface area contributed by atoms with Gasteiger partial charge in [0, 0.05) is 11.4 Å². The van der Waals surface area contributed by atoms with Gasteiger partial charge < -0.3 is 18.6 Å². The number of methoxy groups -OCH3 is 1. The minimum absolute atomic E-state index is 0.0996. The molecule has 11 heteroatoms. The number of nitrogens with one attached hydrogen (secondary N) is 1. The first-order valence-corrected chi connectivity index (χ1v) is 11.7. The highest BCUT2D eigenvalue weighted by atomic mass is 32.2. The van der Waals surface area contributed by atoms with E-state index in [1.165, 1.54) is 31.2 Å². The molecule has 1 aromatic carbocycles. The minimum Gasteiger partial charge on any atom is -0.490 e. The Labute approximate surface area is 207 Å². The lowest BCUT2D eigenvalue weighted by molar-refractivity contribution is -0.118. The molecule has 1 amide bonds. The van der Waals surface area contributed by atoms with Crippen LogP contribution in [0.4, 0.5) is 0 Å². The fraction of sp³-hybridized carbons (Fsp3) is 0.292. The number of rotatable bonds is 11. The van der Waals surface area contributed by atoms with Gasteiger partial charge in [0.2, 0.25) is 5.76 Å². The first-order chi connectivity index (χ1) is 16.9. The second-order valence-corrected chi connectivity index (χ2v) is 8.14. The average Bonchev–Trinajstić information content (AvgIpc) is 3.30. The van der Waals surface area contributed by atoms with Crippen molar-refractivity contribution in [1.82, 2.24) is 15.4 Å². The largest absolute Gasteiger partial charge is 0.490 e. The van der Waals surface area contributed by atoms with Crippen LogP contribution in [0.25, 0.3) is 0 Å². The van der Waals surface area contributed by atoms with E-state index in [1.54, 1.807) is 24.3 Å². The minimum atomic E-state index is -0.556. The second-order valence-electron chi connectivity index (χ2n) is 7.20. The SMILES string of the molecule is CCOc1cc(/C=N/NC(=O)CSc2nc(C)cc(C)n2)ccc1OCc1ccc(C(=O)OC)o1. The standard InChI is InChI=1S/C24H26N4O6S/c1-5-32-21-11-17(6-8-19(21)33-13-18-7-9-20(34-18)23(30)31-4)12-25-28-22(29)14-35-24-26-15(2)10-16(3)27-24/h6-12H,5,13-14H2,1-4H3,(H,28,29)/b25-12+. The molecule has 3 rings (SSSR count). The predicted molar refractivity (Wildman–Crippen MR) is 130 cm³/mol. The molecule has 10 nitrogen and oxygen atoms in total. The molecule has 0 radical (unpaired) electrons. The average molecular weight is 499 g/mol. The number of thioether (sulfide) groups is 1. The van der Waals surface area contributed by atoms with E-state index in [9.17, 15) is 9.59 Å². The van der Waals surface area contributed by atoms with Crippen molar-refractivity contribution in [2.75, 3.05) is 19.5 Å². The molecule has 2 aromatic heterocycles. The fourth-order valence-electron chi connectivity index (χ4n) is 2.91. The molecule has 3 aromatic rings. The molecule has 0 bridgehead atoms. The summed E-state index contributed by atoms with van der Waals surface area (Å²) in [6.45, 7) is 6.15. The van der Waals surface area contributed by atoms with Crippen molar-refractivity contribution in [2.45, 2.75) is 32.5 Å². The van der Waals surface area contributed by atoms with Crippen LogP contribution in [0, 0.1) is 13.8 Å². The number of furan rings is 1. The molecule has 2 heterocycles. The van der Waals surface area contributed by atoms with Crippen LogP contribution < -0.4 is 14.9 Å². The van der Waals surface area contributed by atoms with Crippen molar-refractivity contribution >= 4 is 29.9 Å². The van der Waals surface area contributed by atoms with E-state index in [0.29, 0.717) is 34.6 Å². The summed E-state index contributed by atoms with van der Waals surface area (Å²) in [5, 5.41) is 4.56. The summed E-state index contributed by atoms with van der Waals surface area (Å²) >= 11 is 1.24. The van der Waals surface area contributed by atoms with Gasteiger partial charge in [-0.15, -0.1) is 0 Å². The number of carbonyl (C=O) groups excluding carboxylic acids is 2. The summed E-state index contributed by atoms with van der Waals surface area (Å²) in [7, 11) is 1.28. The van der Waals surface area contributed by atoms with Crippen LogP contribution in [0.1, 0.15) is 40.2 Å². The van der Waals surface area contributed by atoms with Crippen LogP contribution in [0.3, 0.4) is 0 Å². The second kappa shape index (κ2) is 12.6. The molecule has 0 unspecified atom stereocenters. The highest BCUT2D eigenvalue weighted by Gasteiger charge is 2.13. The monoisotopic (exact) mass is 498 g/mol. The molecule has 0 spiro atoms. The smallest absolute Gasteiger partial charge is 0.373 e. The van der Waals surface area contributed by atoms with E-state index in [4.69, 9.17) is 13.9 Å². The lowest BCUT2D eigenvalue weighted by Crippen LogP contribution is -2.19. The van der Waals surface area contributed by atoms with Gasteiger partial charge >= 0.3 is 5.97 Å². The summed E-state index contributed by atoms with van der Waals surface area (Å²) in [6.07, 6.45) is 1.51. The Morgan fingerprint density at radius 1 is 1.09 bits per heavy atom.